The third-order valence-corrected chi connectivity index (χ3v) is 5.41. The molecule has 0 bridgehead atoms. The Bertz CT molecular complexity index is 787. The zero-order valence-electron chi connectivity index (χ0n) is 14.5. The molecule has 25 heavy (non-hydrogen) atoms. The van der Waals surface area contributed by atoms with Gasteiger partial charge in [-0.15, -0.1) is 11.8 Å². The summed E-state index contributed by atoms with van der Waals surface area (Å²) in [5.74, 6) is 0.612. The van der Waals surface area contributed by atoms with Crippen molar-refractivity contribution in [2.75, 3.05) is 11.1 Å². The second-order valence-electron chi connectivity index (χ2n) is 6.15. The minimum atomic E-state index is -0.140. The molecule has 0 spiro atoms. The molecule has 2 N–H and O–H groups in total. The first-order valence-electron chi connectivity index (χ1n) is 8.53. The van der Waals surface area contributed by atoms with E-state index in [-0.39, 0.29) is 17.9 Å². The van der Waals surface area contributed by atoms with E-state index in [0.717, 1.165) is 28.3 Å². The van der Waals surface area contributed by atoms with Crippen LogP contribution in [0, 0.1) is 0 Å². The largest absolute Gasteiger partial charge is 0.346 e. The minimum absolute atomic E-state index is 0.00631. The van der Waals surface area contributed by atoms with Crippen LogP contribution in [0.15, 0.2) is 47.4 Å². The molecule has 1 aliphatic heterocycles. The lowest BCUT2D eigenvalue weighted by Gasteiger charge is -2.16. The van der Waals surface area contributed by atoms with E-state index >= 15 is 0 Å². The Labute approximate surface area is 152 Å². The highest BCUT2D eigenvalue weighted by molar-refractivity contribution is 7.99. The highest BCUT2D eigenvalue weighted by Crippen LogP contribution is 2.31. The molecule has 0 aromatic heterocycles. The maximum Gasteiger partial charge on any atom is 0.251 e. The molecule has 130 valence electrons. The summed E-state index contributed by atoms with van der Waals surface area (Å²) in [6, 6.07) is 13.7. The molecule has 0 radical (unpaired) electrons. The molecule has 0 saturated heterocycles. The number of benzene rings is 2. The quantitative estimate of drug-likeness (QED) is 0.866. The summed E-state index contributed by atoms with van der Waals surface area (Å²) in [6.07, 6.45) is 1.49. The summed E-state index contributed by atoms with van der Waals surface area (Å²) in [6.45, 7) is 4.09. The van der Waals surface area contributed by atoms with Gasteiger partial charge in [-0.1, -0.05) is 31.2 Å². The highest BCUT2D eigenvalue weighted by atomic mass is 32.2. The van der Waals surface area contributed by atoms with Crippen molar-refractivity contribution in [3.05, 3.63) is 59.2 Å². The number of thioether (sulfide) groups is 1. The predicted molar refractivity (Wildman–Crippen MR) is 102 cm³/mol. The van der Waals surface area contributed by atoms with Gasteiger partial charge in [0.05, 0.1) is 11.7 Å². The predicted octanol–water partition coefficient (Wildman–Crippen LogP) is 4.17. The Hall–Kier alpha value is -2.27. The first-order valence-corrected chi connectivity index (χ1v) is 9.51. The van der Waals surface area contributed by atoms with Crippen molar-refractivity contribution in [3.63, 3.8) is 0 Å². The lowest BCUT2D eigenvalue weighted by atomic mass is 10.0. The molecule has 2 amide bonds. The van der Waals surface area contributed by atoms with Crippen LogP contribution in [-0.2, 0) is 11.2 Å². The molecule has 1 atom stereocenters. The molecule has 5 heteroatoms. The molecule has 3 rings (SSSR count). The van der Waals surface area contributed by atoms with Crippen LogP contribution in [0.4, 0.5) is 5.69 Å². The molecule has 4 nitrogen and oxygen atoms in total. The number of carbonyl (C=O) groups excluding carboxylic acids is 2. The molecule has 2 aromatic rings. The lowest BCUT2D eigenvalue weighted by Crippen LogP contribution is -2.26. The topological polar surface area (TPSA) is 58.2 Å². The van der Waals surface area contributed by atoms with Crippen molar-refractivity contribution in [1.82, 2.24) is 5.32 Å². The first-order chi connectivity index (χ1) is 12.1. The summed E-state index contributed by atoms with van der Waals surface area (Å²) in [5, 5.41) is 5.90. The van der Waals surface area contributed by atoms with Crippen molar-refractivity contribution in [3.8, 4) is 0 Å². The zero-order chi connectivity index (χ0) is 17.8. The molecule has 0 aliphatic carbocycles. The smallest absolute Gasteiger partial charge is 0.251 e. The molecular formula is C20H22N2O2S. The van der Waals surface area contributed by atoms with Gasteiger partial charge in [0, 0.05) is 22.6 Å². The van der Waals surface area contributed by atoms with Crippen molar-refractivity contribution in [2.24, 2.45) is 0 Å². The average Bonchev–Trinajstić information content (AvgIpc) is 2.81. The van der Waals surface area contributed by atoms with Gasteiger partial charge in [0.25, 0.3) is 5.91 Å². The fraction of sp³-hybridized carbons (Fsp3) is 0.300. The maximum atomic E-state index is 12.6. The van der Waals surface area contributed by atoms with Crippen molar-refractivity contribution in [2.45, 2.75) is 37.6 Å². The molecule has 1 heterocycles. The Morgan fingerprint density at radius 2 is 2.00 bits per heavy atom. The number of aryl methyl sites for hydroxylation is 1. The van der Waals surface area contributed by atoms with Crippen molar-refractivity contribution >= 4 is 29.3 Å². The van der Waals surface area contributed by atoms with Gasteiger partial charge >= 0.3 is 0 Å². The SMILES string of the molecule is CCc1ccc(C(C)NC(=O)c2ccc3c(c2)NC(=O)CCS3)cc1. The van der Waals surface area contributed by atoms with Gasteiger partial charge in [-0.2, -0.15) is 0 Å². The Morgan fingerprint density at radius 1 is 1.24 bits per heavy atom. The van der Waals surface area contributed by atoms with Crippen LogP contribution in [0.2, 0.25) is 0 Å². The van der Waals surface area contributed by atoms with Crippen LogP contribution in [-0.4, -0.2) is 17.6 Å². The molecular weight excluding hydrogens is 332 g/mol. The molecule has 0 fully saturated rings. The van der Waals surface area contributed by atoms with E-state index in [9.17, 15) is 9.59 Å². The van der Waals surface area contributed by atoms with E-state index in [4.69, 9.17) is 0 Å². The van der Waals surface area contributed by atoms with E-state index in [1.165, 1.54) is 5.56 Å². The summed E-state index contributed by atoms with van der Waals surface area (Å²) in [4.78, 5) is 25.3. The number of hydrogen-bond acceptors (Lipinski definition) is 3. The van der Waals surface area contributed by atoms with Gasteiger partial charge in [0.2, 0.25) is 5.91 Å². The number of carbonyl (C=O) groups is 2. The third-order valence-electron chi connectivity index (χ3n) is 4.34. The molecule has 0 saturated carbocycles. The standard InChI is InChI=1S/C20H22N2O2S/c1-3-14-4-6-15(7-5-14)13(2)21-20(24)16-8-9-18-17(12-16)22-19(23)10-11-25-18/h4-9,12-13H,3,10-11H2,1-2H3,(H,21,24)(H,22,23). The van der Waals surface area contributed by atoms with E-state index < -0.39 is 0 Å². The number of anilines is 1. The lowest BCUT2D eigenvalue weighted by molar-refractivity contribution is -0.115. The summed E-state index contributed by atoms with van der Waals surface area (Å²) < 4.78 is 0. The van der Waals surface area contributed by atoms with E-state index in [1.807, 2.05) is 19.1 Å². The monoisotopic (exact) mass is 354 g/mol. The second-order valence-corrected chi connectivity index (χ2v) is 7.28. The van der Waals surface area contributed by atoms with Crippen molar-refractivity contribution < 1.29 is 9.59 Å². The van der Waals surface area contributed by atoms with Crippen LogP contribution >= 0.6 is 11.8 Å². The van der Waals surface area contributed by atoms with Gasteiger partial charge in [0.1, 0.15) is 0 Å². The van der Waals surface area contributed by atoms with Crippen LogP contribution in [0.5, 0.6) is 0 Å². The first kappa shape index (κ1) is 17.5. The summed E-state index contributed by atoms with van der Waals surface area (Å²) >= 11 is 1.63. The minimum Gasteiger partial charge on any atom is -0.346 e. The number of rotatable bonds is 4. The number of hydrogen-bond donors (Lipinski definition) is 2. The summed E-state index contributed by atoms with van der Waals surface area (Å²) in [7, 11) is 0. The Kier molecular flexibility index (Phi) is 5.43. The summed E-state index contributed by atoms with van der Waals surface area (Å²) in [5.41, 5.74) is 3.63. The van der Waals surface area contributed by atoms with E-state index in [1.54, 1.807) is 17.8 Å². The number of amides is 2. The van der Waals surface area contributed by atoms with E-state index in [0.29, 0.717) is 12.0 Å². The van der Waals surface area contributed by atoms with Gasteiger partial charge in [-0.25, -0.2) is 0 Å². The van der Waals surface area contributed by atoms with Crippen LogP contribution in [0.25, 0.3) is 0 Å². The zero-order valence-corrected chi connectivity index (χ0v) is 15.3. The number of nitrogens with one attached hydrogen (secondary N) is 2. The van der Waals surface area contributed by atoms with Gasteiger partial charge < -0.3 is 10.6 Å². The molecule has 1 unspecified atom stereocenters. The Balaban J connectivity index is 1.73. The van der Waals surface area contributed by atoms with Crippen LogP contribution < -0.4 is 10.6 Å². The van der Waals surface area contributed by atoms with E-state index in [2.05, 4.69) is 41.8 Å². The fourth-order valence-corrected chi connectivity index (χ4v) is 3.70. The molecule has 2 aromatic carbocycles. The van der Waals surface area contributed by atoms with Gasteiger partial charge in [-0.3, -0.25) is 9.59 Å². The fourth-order valence-electron chi connectivity index (χ4n) is 2.77. The average molecular weight is 354 g/mol. The normalized spacial score (nSPS) is 14.9. The van der Waals surface area contributed by atoms with Gasteiger partial charge in [0.15, 0.2) is 0 Å². The van der Waals surface area contributed by atoms with Crippen molar-refractivity contribution in [1.29, 1.82) is 0 Å². The maximum absolute atomic E-state index is 12.6. The van der Waals surface area contributed by atoms with Gasteiger partial charge in [-0.05, 0) is 42.7 Å². The second kappa shape index (κ2) is 7.74. The Morgan fingerprint density at radius 3 is 2.72 bits per heavy atom. The number of fused-ring (bicyclic) bond motifs is 1. The van der Waals surface area contributed by atoms with Crippen LogP contribution in [0.1, 0.15) is 47.8 Å². The molecule has 1 aliphatic rings. The third kappa shape index (κ3) is 4.23. The van der Waals surface area contributed by atoms with Crippen LogP contribution in [0.3, 0.4) is 0 Å². The highest BCUT2D eigenvalue weighted by Gasteiger charge is 2.17.